The molecule has 0 saturated heterocycles. The normalized spacial score (nSPS) is 18.5. The van der Waals surface area contributed by atoms with Gasteiger partial charge in [-0.05, 0) is 104 Å². The van der Waals surface area contributed by atoms with Crippen molar-refractivity contribution in [2.24, 2.45) is 11.8 Å². The summed E-state index contributed by atoms with van der Waals surface area (Å²) in [7, 11) is 4.05. The maximum absolute atomic E-state index is 13.0. The molecule has 0 aromatic heterocycles. The van der Waals surface area contributed by atoms with Gasteiger partial charge >= 0.3 is 17.9 Å². The number of unbranched alkanes of at least 4 members (excludes halogenated alkanes) is 4. The van der Waals surface area contributed by atoms with E-state index < -0.39 is 0 Å². The molecule has 2 rings (SSSR count). The molecule has 2 fully saturated rings. The van der Waals surface area contributed by atoms with E-state index in [9.17, 15) is 14.4 Å². The quantitative estimate of drug-likeness (QED) is 0.0724. The molecule has 2 aliphatic carbocycles. The minimum absolute atomic E-state index is 0.0179. The van der Waals surface area contributed by atoms with Gasteiger partial charge < -0.3 is 23.9 Å². The number of esters is 3. The SMILES string of the molecule is C=O.CN(C)CCCC(=O)OC(CCCCCOC(=O)C1CCCCCCCCCCCCC1)CCCCCOC(=O)C1CCCCCCCCCCCCC1. The standard InChI is InChI=1S/C47H87NO6.CH2O/c1-48(2)39-31-38-45(49)54-44(36-27-21-29-40-52-46(50)42-32-23-17-13-9-5-3-6-10-14-18-24-33-42)37-28-22-30-41-53-47(51)43-34-25-19-15-11-7-4-8-12-16-20-26-35-43;1-2/h42-44H,3-41H2,1-2H3;1H2. The van der Waals surface area contributed by atoms with Crippen LogP contribution in [0.1, 0.15) is 231 Å². The van der Waals surface area contributed by atoms with Crippen LogP contribution in [0.3, 0.4) is 0 Å². The van der Waals surface area contributed by atoms with E-state index in [1.807, 2.05) is 20.9 Å². The van der Waals surface area contributed by atoms with Crippen LogP contribution in [0.15, 0.2) is 0 Å². The number of carbonyl (C=O) groups excluding carboxylic acids is 4. The molecule has 2 aliphatic rings. The van der Waals surface area contributed by atoms with Crippen molar-refractivity contribution in [3.63, 3.8) is 0 Å². The lowest BCUT2D eigenvalue weighted by atomic mass is 9.93. The van der Waals surface area contributed by atoms with Crippen LogP contribution in [0.5, 0.6) is 0 Å². The highest BCUT2D eigenvalue weighted by Gasteiger charge is 2.21. The van der Waals surface area contributed by atoms with Crippen molar-refractivity contribution in [3.05, 3.63) is 0 Å². The Labute approximate surface area is 345 Å². The Morgan fingerprint density at radius 2 is 0.804 bits per heavy atom. The van der Waals surface area contributed by atoms with E-state index in [2.05, 4.69) is 4.90 Å². The monoisotopic (exact) mass is 792 g/mol. The van der Waals surface area contributed by atoms with Crippen LogP contribution in [-0.4, -0.2) is 69.6 Å². The van der Waals surface area contributed by atoms with Gasteiger partial charge in [0.25, 0.3) is 0 Å². The van der Waals surface area contributed by atoms with Crippen molar-refractivity contribution in [1.82, 2.24) is 4.90 Å². The van der Waals surface area contributed by atoms with Crippen molar-refractivity contribution < 1.29 is 33.4 Å². The Morgan fingerprint density at radius 3 is 1.12 bits per heavy atom. The van der Waals surface area contributed by atoms with E-state index in [0.29, 0.717) is 19.6 Å². The molecule has 2 saturated carbocycles. The Morgan fingerprint density at radius 1 is 0.482 bits per heavy atom. The first-order chi connectivity index (χ1) is 27.5. The van der Waals surface area contributed by atoms with Gasteiger partial charge in [-0.25, -0.2) is 0 Å². The summed E-state index contributed by atoms with van der Waals surface area (Å²) in [5.74, 6) is 0.0591. The second kappa shape index (κ2) is 38.6. The molecule has 0 atom stereocenters. The minimum atomic E-state index is -0.101. The smallest absolute Gasteiger partial charge is 0.308 e. The maximum Gasteiger partial charge on any atom is 0.308 e. The summed E-state index contributed by atoms with van der Waals surface area (Å²) >= 11 is 0. The Kier molecular flexibility index (Phi) is 35.8. The number of hydrogen-bond donors (Lipinski definition) is 0. The van der Waals surface area contributed by atoms with Gasteiger partial charge in [-0.2, -0.15) is 0 Å². The van der Waals surface area contributed by atoms with Crippen LogP contribution in [0.2, 0.25) is 0 Å². The average molecular weight is 792 g/mol. The number of hydrogen-bond acceptors (Lipinski definition) is 8. The zero-order valence-electron chi connectivity index (χ0n) is 36.8. The molecule has 0 heterocycles. The molecule has 0 aliphatic heterocycles. The van der Waals surface area contributed by atoms with E-state index in [-0.39, 0.29) is 35.8 Å². The lowest BCUT2D eigenvalue weighted by Crippen LogP contribution is -2.21. The van der Waals surface area contributed by atoms with Gasteiger partial charge in [-0.15, -0.1) is 0 Å². The van der Waals surface area contributed by atoms with E-state index in [1.165, 1.54) is 116 Å². The van der Waals surface area contributed by atoms with Crippen molar-refractivity contribution in [1.29, 1.82) is 0 Å². The van der Waals surface area contributed by atoms with Gasteiger partial charge in [0.1, 0.15) is 12.9 Å². The van der Waals surface area contributed by atoms with Crippen molar-refractivity contribution >= 4 is 24.7 Å². The molecule has 0 bridgehead atoms. The molecular formula is C48H89NO7. The van der Waals surface area contributed by atoms with E-state index >= 15 is 0 Å². The molecule has 328 valence electrons. The number of carbonyl (C=O) groups is 4. The highest BCUT2D eigenvalue weighted by molar-refractivity contribution is 5.72. The van der Waals surface area contributed by atoms with Crippen molar-refractivity contribution in [3.8, 4) is 0 Å². The minimum Gasteiger partial charge on any atom is -0.465 e. The molecule has 0 spiro atoms. The van der Waals surface area contributed by atoms with Gasteiger partial charge in [0, 0.05) is 6.42 Å². The highest BCUT2D eigenvalue weighted by atomic mass is 16.5. The fraction of sp³-hybridized carbons (Fsp3) is 0.917. The zero-order valence-corrected chi connectivity index (χ0v) is 36.8. The predicted molar refractivity (Wildman–Crippen MR) is 231 cm³/mol. The van der Waals surface area contributed by atoms with Gasteiger partial charge in [-0.3, -0.25) is 14.4 Å². The van der Waals surface area contributed by atoms with Crippen LogP contribution in [-0.2, 0) is 33.4 Å². The second-order valence-electron chi connectivity index (χ2n) is 17.4. The topological polar surface area (TPSA) is 99.2 Å². The summed E-state index contributed by atoms with van der Waals surface area (Å²) in [4.78, 5) is 48.8. The van der Waals surface area contributed by atoms with E-state index in [4.69, 9.17) is 19.0 Å². The summed E-state index contributed by atoms with van der Waals surface area (Å²) in [5.41, 5.74) is 0. The molecule has 0 aromatic carbocycles. The largest absolute Gasteiger partial charge is 0.465 e. The summed E-state index contributed by atoms with van der Waals surface area (Å²) < 4.78 is 17.6. The van der Waals surface area contributed by atoms with Gasteiger partial charge in [-0.1, -0.05) is 141 Å². The summed E-state index contributed by atoms with van der Waals surface area (Å²) in [6.45, 7) is 3.85. The van der Waals surface area contributed by atoms with Crippen molar-refractivity contribution in [2.75, 3.05) is 33.9 Å². The molecule has 0 radical (unpaired) electrons. The third-order valence-corrected chi connectivity index (χ3v) is 12.0. The molecule has 0 N–H and O–H groups in total. The number of rotatable bonds is 19. The molecule has 0 unspecified atom stereocenters. The lowest BCUT2D eigenvalue weighted by molar-refractivity contribution is -0.151. The molecule has 8 heteroatoms. The molecule has 8 nitrogen and oxygen atoms in total. The van der Waals surface area contributed by atoms with Crippen LogP contribution >= 0.6 is 0 Å². The summed E-state index contributed by atoms with van der Waals surface area (Å²) in [5, 5.41) is 0. The van der Waals surface area contributed by atoms with E-state index in [1.54, 1.807) is 0 Å². The predicted octanol–water partition coefficient (Wildman–Crippen LogP) is 12.7. The lowest BCUT2D eigenvalue weighted by Gasteiger charge is -2.19. The second-order valence-corrected chi connectivity index (χ2v) is 17.4. The van der Waals surface area contributed by atoms with Crippen LogP contribution in [0.25, 0.3) is 0 Å². The van der Waals surface area contributed by atoms with Crippen LogP contribution in [0.4, 0.5) is 0 Å². The van der Waals surface area contributed by atoms with Crippen LogP contribution < -0.4 is 0 Å². The van der Waals surface area contributed by atoms with Crippen molar-refractivity contribution in [2.45, 2.75) is 237 Å². The Balaban J connectivity index is 0.00000771. The zero-order chi connectivity index (χ0) is 40.7. The summed E-state index contributed by atoms with van der Waals surface area (Å²) in [6, 6.07) is 0. The van der Waals surface area contributed by atoms with Crippen LogP contribution in [0, 0.1) is 11.8 Å². The van der Waals surface area contributed by atoms with E-state index in [0.717, 1.165) is 116 Å². The Bertz CT molecular complexity index is 841. The third kappa shape index (κ3) is 31.1. The Hall–Kier alpha value is -1.96. The van der Waals surface area contributed by atoms with Gasteiger partial charge in [0.05, 0.1) is 25.0 Å². The molecule has 0 amide bonds. The third-order valence-electron chi connectivity index (χ3n) is 12.0. The molecule has 56 heavy (non-hydrogen) atoms. The molecule has 0 aromatic rings. The fourth-order valence-electron chi connectivity index (χ4n) is 8.43. The number of ether oxygens (including phenoxy) is 3. The first-order valence-electron chi connectivity index (χ1n) is 23.9. The molecular weight excluding hydrogens is 703 g/mol. The number of nitrogens with zero attached hydrogens (tertiary/aromatic N) is 1. The van der Waals surface area contributed by atoms with Gasteiger partial charge in [0.2, 0.25) is 0 Å². The van der Waals surface area contributed by atoms with Gasteiger partial charge in [0.15, 0.2) is 0 Å². The fourth-order valence-corrected chi connectivity index (χ4v) is 8.43. The average Bonchev–Trinajstić information content (AvgIpc) is 3.19. The summed E-state index contributed by atoms with van der Waals surface area (Å²) in [6.07, 6.45) is 40.6. The first kappa shape index (κ1) is 52.1. The maximum atomic E-state index is 13.0. The highest BCUT2D eigenvalue weighted by Crippen LogP contribution is 2.24. The first-order valence-corrected chi connectivity index (χ1v) is 23.9.